The van der Waals surface area contributed by atoms with Gasteiger partial charge in [-0.3, -0.25) is 4.98 Å². The summed E-state index contributed by atoms with van der Waals surface area (Å²) < 4.78 is 6.09. The van der Waals surface area contributed by atoms with Crippen LogP contribution in [0.4, 0.5) is 5.69 Å². The molecule has 0 atom stereocenters. The molecule has 0 unspecified atom stereocenters. The zero-order chi connectivity index (χ0) is 9.14. The van der Waals surface area contributed by atoms with Gasteiger partial charge in [-0.25, -0.2) is 0 Å². The molecule has 0 bridgehead atoms. The summed E-state index contributed by atoms with van der Waals surface area (Å²) in [5, 5.41) is 0. The number of halogens is 1. The summed E-state index contributed by atoms with van der Waals surface area (Å²) in [5.41, 5.74) is 1.01. The minimum absolute atomic E-state index is 0.773. The third-order valence-corrected chi connectivity index (χ3v) is 2.09. The van der Waals surface area contributed by atoms with E-state index >= 15 is 0 Å². The third-order valence-electron chi connectivity index (χ3n) is 1.51. The first-order valence-corrected chi connectivity index (χ1v) is 4.31. The molecule has 3 nitrogen and oxygen atoms in total. The van der Waals surface area contributed by atoms with Crippen molar-refractivity contribution in [2.24, 2.45) is 0 Å². The van der Waals surface area contributed by atoms with Crippen molar-refractivity contribution in [3.63, 3.8) is 0 Å². The largest absolute Gasteiger partial charge is 0.493 e. The topological polar surface area (TPSA) is 25.4 Å². The Hall–Kier alpha value is -0.770. The van der Waals surface area contributed by atoms with Crippen LogP contribution in [0.3, 0.4) is 0 Å². The van der Waals surface area contributed by atoms with E-state index in [1.165, 1.54) is 0 Å². The van der Waals surface area contributed by atoms with Gasteiger partial charge in [0.1, 0.15) is 0 Å². The van der Waals surface area contributed by atoms with Crippen molar-refractivity contribution in [2.45, 2.75) is 0 Å². The highest BCUT2D eigenvalue weighted by atomic mass is 79.9. The molecule has 1 heterocycles. The highest BCUT2D eigenvalue weighted by molar-refractivity contribution is 9.10. The van der Waals surface area contributed by atoms with Gasteiger partial charge < -0.3 is 9.64 Å². The van der Waals surface area contributed by atoms with Crippen LogP contribution < -0.4 is 9.64 Å². The number of pyridine rings is 1. The van der Waals surface area contributed by atoms with Gasteiger partial charge in [-0.2, -0.15) is 0 Å². The van der Waals surface area contributed by atoms with Gasteiger partial charge in [0.25, 0.3) is 0 Å². The van der Waals surface area contributed by atoms with Gasteiger partial charge in [0.2, 0.25) is 0 Å². The predicted octanol–water partition coefficient (Wildman–Crippen LogP) is 1.92. The lowest BCUT2D eigenvalue weighted by atomic mass is 10.3. The molecule has 4 heteroatoms. The molecule has 0 radical (unpaired) electrons. The van der Waals surface area contributed by atoms with E-state index < -0.39 is 0 Å². The van der Waals surface area contributed by atoms with E-state index in [1.807, 2.05) is 19.0 Å². The summed E-state index contributed by atoms with van der Waals surface area (Å²) in [6.45, 7) is 0. The second-order valence-electron chi connectivity index (χ2n) is 2.57. The van der Waals surface area contributed by atoms with Crippen molar-refractivity contribution in [3.8, 4) is 5.75 Å². The summed E-state index contributed by atoms with van der Waals surface area (Å²) in [6.07, 6.45) is 3.44. The summed E-state index contributed by atoms with van der Waals surface area (Å²) in [6, 6.07) is 0. The molecule has 0 saturated heterocycles. The van der Waals surface area contributed by atoms with Gasteiger partial charge in [-0.15, -0.1) is 0 Å². The Morgan fingerprint density at radius 2 is 2.08 bits per heavy atom. The number of ether oxygens (including phenoxy) is 1. The Morgan fingerprint density at radius 3 is 2.50 bits per heavy atom. The molecular weight excluding hydrogens is 220 g/mol. The lowest BCUT2D eigenvalue weighted by molar-refractivity contribution is 0.413. The number of hydrogen-bond acceptors (Lipinski definition) is 3. The molecule has 0 aromatic carbocycles. The lowest BCUT2D eigenvalue weighted by Crippen LogP contribution is -2.11. The highest BCUT2D eigenvalue weighted by Gasteiger charge is 2.08. The number of methoxy groups -OCH3 is 1. The number of nitrogens with zero attached hydrogens (tertiary/aromatic N) is 2. The van der Waals surface area contributed by atoms with Crippen molar-refractivity contribution in [1.82, 2.24) is 4.98 Å². The Bertz CT molecular complexity index is 276. The Labute approximate surface area is 80.5 Å². The number of hydrogen-bond donors (Lipinski definition) is 0. The first-order valence-electron chi connectivity index (χ1n) is 3.51. The van der Waals surface area contributed by atoms with Crippen LogP contribution in [0.15, 0.2) is 16.9 Å². The van der Waals surface area contributed by atoms with Gasteiger partial charge in [0.05, 0.1) is 23.5 Å². The van der Waals surface area contributed by atoms with Crippen molar-refractivity contribution < 1.29 is 4.74 Å². The molecule has 66 valence electrons. The van der Waals surface area contributed by atoms with Crippen molar-refractivity contribution in [3.05, 3.63) is 16.9 Å². The van der Waals surface area contributed by atoms with Crippen LogP contribution in [-0.4, -0.2) is 26.2 Å². The molecule has 1 aromatic rings. The van der Waals surface area contributed by atoms with Gasteiger partial charge in [-0.1, -0.05) is 0 Å². The second kappa shape index (κ2) is 3.76. The molecule has 0 aliphatic rings. The maximum Gasteiger partial charge on any atom is 0.161 e. The van der Waals surface area contributed by atoms with E-state index in [4.69, 9.17) is 4.74 Å². The average Bonchev–Trinajstić information content (AvgIpc) is 2.03. The molecule has 0 saturated carbocycles. The fourth-order valence-electron chi connectivity index (χ4n) is 0.994. The monoisotopic (exact) mass is 230 g/mol. The first-order chi connectivity index (χ1) is 5.66. The Kier molecular flexibility index (Phi) is 2.92. The molecular formula is C8H11BrN2O. The van der Waals surface area contributed by atoms with Crippen LogP contribution in [-0.2, 0) is 0 Å². The van der Waals surface area contributed by atoms with E-state index in [0.29, 0.717) is 0 Å². The van der Waals surface area contributed by atoms with E-state index in [2.05, 4.69) is 20.9 Å². The number of aromatic nitrogens is 1. The van der Waals surface area contributed by atoms with Crippen LogP contribution in [0.1, 0.15) is 0 Å². The minimum atomic E-state index is 0.773. The maximum atomic E-state index is 5.15. The van der Waals surface area contributed by atoms with E-state index in [0.717, 1.165) is 15.9 Å². The summed E-state index contributed by atoms with van der Waals surface area (Å²) >= 11 is 3.40. The summed E-state index contributed by atoms with van der Waals surface area (Å²) in [7, 11) is 5.56. The zero-order valence-corrected chi connectivity index (χ0v) is 8.92. The van der Waals surface area contributed by atoms with E-state index in [9.17, 15) is 0 Å². The van der Waals surface area contributed by atoms with Crippen molar-refractivity contribution in [2.75, 3.05) is 26.1 Å². The fraction of sp³-hybridized carbons (Fsp3) is 0.375. The molecule has 1 rings (SSSR count). The molecule has 0 fully saturated rings. The van der Waals surface area contributed by atoms with Crippen LogP contribution in [0.5, 0.6) is 5.75 Å². The van der Waals surface area contributed by atoms with Crippen LogP contribution in [0, 0.1) is 0 Å². The molecule has 1 aromatic heterocycles. The quantitative estimate of drug-likeness (QED) is 0.777. The highest BCUT2D eigenvalue weighted by Crippen LogP contribution is 2.32. The molecule has 0 N–H and O–H groups in total. The van der Waals surface area contributed by atoms with Crippen LogP contribution >= 0.6 is 15.9 Å². The SMILES string of the molecule is COc1cncc(Br)c1N(C)C. The average molecular weight is 231 g/mol. The second-order valence-corrected chi connectivity index (χ2v) is 3.42. The summed E-state index contributed by atoms with van der Waals surface area (Å²) in [4.78, 5) is 5.98. The normalized spacial score (nSPS) is 9.67. The van der Waals surface area contributed by atoms with Gasteiger partial charge >= 0.3 is 0 Å². The van der Waals surface area contributed by atoms with Crippen molar-refractivity contribution >= 4 is 21.6 Å². The van der Waals surface area contributed by atoms with Crippen LogP contribution in [0.25, 0.3) is 0 Å². The maximum absolute atomic E-state index is 5.15. The molecule has 0 aliphatic heterocycles. The standard InChI is InChI=1S/C8H11BrN2O/c1-11(2)8-6(9)4-10-5-7(8)12-3/h4-5H,1-3H3. The third kappa shape index (κ3) is 1.69. The van der Waals surface area contributed by atoms with Gasteiger partial charge in [0.15, 0.2) is 5.75 Å². The summed E-state index contributed by atoms with van der Waals surface area (Å²) in [5.74, 6) is 0.773. The van der Waals surface area contributed by atoms with Gasteiger partial charge in [-0.05, 0) is 15.9 Å². The minimum Gasteiger partial charge on any atom is -0.493 e. The zero-order valence-electron chi connectivity index (χ0n) is 7.34. The molecule has 0 amide bonds. The molecule has 12 heavy (non-hydrogen) atoms. The lowest BCUT2D eigenvalue weighted by Gasteiger charge is -2.17. The Morgan fingerprint density at radius 1 is 1.42 bits per heavy atom. The van der Waals surface area contributed by atoms with E-state index in [1.54, 1.807) is 19.5 Å². The Balaban J connectivity index is 3.20. The first kappa shape index (κ1) is 9.32. The van der Waals surface area contributed by atoms with Crippen molar-refractivity contribution in [1.29, 1.82) is 0 Å². The number of anilines is 1. The van der Waals surface area contributed by atoms with Crippen LogP contribution in [0.2, 0.25) is 0 Å². The predicted molar refractivity (Wildman–Crippen MR) is 52.8 cm³/mol. The van der Waals surface area contributed by atoms with Gasteiger partial charge in [0, 0.05) is 20.3 Å². The fourth-order valence-corrected chi connectivity index (χ4v) is 1.66. The van der Waals surface area contributed by atoms with E-state index in [-0.39, 0.29) is 0 Å². The molecule has 0 aliphatic carbocycles. The smallest absolute Gasteiger partial charge is 0.161 e. The number of rotatable bonds is 2. The molecule has 0 spiro atoms.